The third kappa shape index (κ3) is 3.51. The molecule has 3 aliphatic rings. The largest absolute Gasteiger partial charge is 0.341 e. The van der Waals surface area contributed by atoms with Gasteiger partial charge in [-0.05, 0) is 50.0 Å². The van der Waals surface area contributed by atoms with Crippen LogP contribution in [0.1, 0.15) is 51.1 Å². The Hall–Kier alpha value is -1.85. The quantitative estimate of drug-likeness (QED) is 0.828. The topological polar surface area (TPSA) is 58.4 Å². The molecule has 6 heteroatoms. The maximum absolute atomic E-state index is 13.0. The van der Waals surface area contributed by atoms with Crippen LogP contribution in [-0.4, -0.2) is 57.6 Å². The zero-order valence-electron chi connectivity index (χ0n) is 16.0. The zero-order valence-corrected chi connectivity index (χ0v) is 16.0. The molecule has 2 aliphatic heterocycles. The maximum atomic E-state index is 13.0. The number of hydrogen-bond acceptors (Lipinski definition) is 3. The van der Waals surface area contributed by atoms with Crippen molar-refractivity contribution in [2.75, 3.05) is 20.1 Å². The molecule has 0 radical (unpaired) electrons. The second-order valence-corrected chi connectivity index (χ2v) is 8.81. The van der Waals surface area contributed by atoms with Gasteiger partial charge in [-0.1, -0.05) is 6.92 Å². The Labute approximate surface area is 155 Å². The van der Waals surface area contributed by atoms with Gasteiger partial charge in [0.05, 0.1) is 12.5 Å². The predicted octanol–water partition coefficient (Wildman–Crippen LogP) is 2.09. The highest BCUT2D eigenvalue weighted by Crippen LogP contribution is 2.48. The number of nitrogens with zero attached hydrogens (tertiary/aromatic N) is 4. The average molecular weight is 358 g/mol. The van der Waals surface area contributed by atoms with Crippen molar-refractivity contribution in [3.05, 3.63) is 18.0 Å². The molecular weight excluding hydrogens is 328 g/mol. The van der Waals surface area contributed by atoms with Gasteiger partial charge in [-0.3, -0.25) is 14.3 Å². The van der Waals surface area contributed by atoms with E-state index in [0.29, 0.717) is 19.5 Å². The Morgan fingerprint density at radius 2 is 2.12 bits per heavy atom. The molecule has 3 heterocycles. The molecule has 1 aliphatic carbocycles. The molecule has 0 bridgehead atoms. The van der Waals surface area contributed by atoms with E-state index in [4.69, 9.17) is 0 Å². The summed E-state index contributed by atoms with van der Waals surface area (Å²) in [5.74, 6) is 0.484. The van der Waals surface area contributed by atoms with Gasteiger partial charge in [-0.25, -0.2) is 0 Å². The molecular formula is C20H30N4O2. The highest BCUT2D eigenvalue weighted by Gasteiger charge is 2.41. The fourth-order valence-corrected chi connectivity index (χ4v) is 4.39. The van der Waals surface area contributed by atoms with Crippen molar-refractivity contribution in [3.63, 3.8) is 0 Å². The Morgan fingerprint density at radius 3 is 2.88 bits per heavy atom. The van der Waals surface area contributed by atoms with Gasteiger partial charge in [-0.2, -0.15) is 5.10 Å². The Kier molecular flexibility index (Phi) is 4.53. The molecule has 1 aromatic heterocycles. The van der Waals surface area contributed by atoms with Gasteiger partial charge < -0.3 is 9.80 Å². The van der Waals surface area contributed by atoms with Crippen LogP contribution in [0.3, 0.4) is 0 Å². The van der Waals surface area contributed by atoms with E-state index in [9.17, 15) is 9.59 Å². The summed E-state index contributed by atoms with van der Waals surface area (Å²) in [6.07, 6.45) is 8.61. The summed E-state index contributed by atoms with van der Waals surface area (Å²) in [6.45, 7) is 4.41. The first-order valence-electron chi connectivity index (χ1n) is 10.0. The van der Waals surface area contributed by atoms with Crippen LogP contribution < -0.4 is 0 Å². The Bertz CT molecular complexity index is 694. The number of likely N-dealkylation sites (tertiary alicyclic amines) is 1. The number of aromatic nitrogens is 2. The number of hydrogen-bond donors (Lipinski definition) is 0. The summed E-state index contributed by atoms with van der Waals surface area (Å²) in [5.41, 5.74) is 1.47. The molecule has 0 N–H and O–H groups in total. The van der Waals surface area contributed by atoms with Crippen molar-refractivity contribution < 1.29 is 9.59 Å². The van der Waals surface area contributed by atoms with Crippen molar-refractivity contribution in [2.45, 2.75) is 64.5 Å². The molecule has 1 saturated carbocycles. The van der Waals surface area contributed by atoms with E-state index >= 15 is 0 Å². The number of aryl methyl sites for hydroxylation is 1. The normalized spacial score (nSPS) is 26.9. The third-order valence-electron chi connectivity index (χ3n) is 6.62. The molecule has 2 fully saturated rings. The number of piperidine rings is 1. The second-order valence-electron chi connectivity index (χ2n) is 8.81. The minimum atomic E-state index is 0.00357. The number of likely N-dealkylation sites (N-methyl/N-ethyl adjacent to an activating group) is 1. The maximum Gasteiger partial charge on any atom is 0.227 e. The van der Waals surface area contributed by atoms with E-state index in [-0.39, 0.29) is 29.2 Å². The van der Waals surface area contributed by atoms with Gasteiger partial charge in [0.25, 0.3) is 0 Å². The predicted molar refractivity (Wildman–Crippen MR) is 98.4 cm³/mol. The van der Waals surface area contributed by atoms with E-state index in [0.717, 1.165) is 32.2 Å². The molecule has 1 aromatic rings. The minimum Gasteiger partial charge on any atom is -0.341 e. The molecule has 0 aromatic carbocycles. The van der Waals surface area contributed by atoms with Crippen LogP contribution in [0, 0.1) is 11.3 Å². The van der Waals surface area contributed by atoms with E-state index in [1.54, 1.807) is 0 Å². The van der Waals surface area contributed by atoms with Crippen LogP contribution >= 0.6 is 0 Å². The smallest absolute Gasteiger partial charge is 0.227 e. The lowest BCUT2D eigenvalue weighted by Gasteiger charge is -2.39. The molecule has 4 rings (SSSR count). The lowest BCUT2D eigenvalue weighted by atomic mass is 9.95. The zero-order chi connectivity index (χ0) is 18.3. The molecule has 2 amide bonds. The number of carbonyl (C=O) groups excluding carboxylic acids is 2. The van der Waals surface area contributed by atoms with Gasteiger partial charge >= 0.3 is 0 Å². The summed E-state index contributed by atoms with van der Waals surface area (Å²) in [5, 5.41) is 4.33. The van der Waals surface area contributed by atoms with Gasteiger partial charge in [0, 0.05) is 44.5 Å². The van der Waals surface area contributed by atoms with E-state index in [1.165, 1.54) is 18.5 Å². The van der Waals surface area contributed by atoms with Crippen molar-refractivity contribution in [1.82, 2.24) is 19.6 Å². The lowest BCUT2D eigenvalue weighted by molar-refractivity contribution is -0.142. The highest BCUT2D eigenvalue weighted by atomic mass is 16.2. The van der Waals surface area contributed by atoms with Gasteiger partial charge in [0.2, 0.25) is 11.8 Å². The number of rotatable bonds is 4. The van der Waals surface area contributed by atoms with Crippen LogP contribution in [0.4, 0.5) is 0 Å². The second kappa shape index (κ2) is 6.71. The monoisotopic (exact) mass is 358 g/mol. The molecule has 6 nitrogen and oxygen atoms in total. The van der Waals surface area contributed by atoms with E-state index in [1.807, 2.05) is 33.8 Å². The standard InChI is InChI=1S/C20H30N4O2/c1-20(8-9-20)12-18(25)23-11-3-4-17(14-23)22(2)19(26)15-5-6-16-7-10-21-24(16)13-15/h7,10,15,17H,3-6,8-9,11-14H2,1-2H3. The molecule has 26 heavy (non-hydrogen) atoms. The molecule has 2 atom stereocenters. The number of fused-ring (bicyclic) bond motifs is 1. The van der Waals surface area contributed by atoms with Crippen LogP contribution in [0.5, 0.6) is 0 Å². The number of carbonyl (C=O) groups is 2. The Morgan fingerprint density at radius 1 is 1.31 bits per heavy atom. The fourth-order valence-electron chi connectivity index (χ4n) is 4.39. The van der Waals surface area contributed by atoms with Crippen molar-refractivity contribution in [1.29, 1.82) is 0 Å². The molecule has 142 valence electrons. The van der Waals surface area contributed by atoms with Crippen LogP contribution in [-0.2, 0) is 22.6 Å². The van der Waals surface area contributed by atoms with Gasteiger partial charge in [-0.15, -0.1) is 0 Å². The van der Waals surface area contributed by atoms with Crippen LogP contribution in [0.15, 0.2) is 12.3 Å². The molecule has 0 spiro atoms. The molecule has 1 saturated heterocycles. The number of amides is 2. The summed E-state index contributed by atoms with van der Waals surface area (Å²) in [6, 6.07) is 2.18. The van der Waals surface area contributed by atoms with Crippen molar-refractivity contribution in [2.24, 2.45) is 11.3 Å². The van der Waals surface area contributed by atoms with Gasteiger partial charge in [0.15, 0.2) is 0 Å². The summed E-state index contributed by atoms with van der Waals surface area (Å²) < 4.78 is 1.97. The van der Waals surface area contributed by atoms with Crippen LogP contribution in [0.25, 0.3) is 0 Å². The van der Waals surface area contributed by atoms with E-state index in [2.05, 4.69) is 12.0 Å². The first-order valence-corrected chi connectivity index (χ1v) is 10.0. The first kappa shape index (κ1) is 17.6. The average Bonchev–Trinajstić information content (AvgIpc) is 3.19. The minimum absolute atomic E-state index is 0.00357. The van der Waals surface area contributed by atoms with Gasteiger partial charge in [0.1, 0.15) is 0 Å². The van der Waals surface area contributed by atoms with Crippen LogP contribution in [0.2, 0.25) is 0 Å². The summed E-state index contributed by atoms with van der Waals surface area (Å²) >= 11 is 0. The van der Waals surface area contributed by atoms with E-state index < -0.39 is 0 Å². The fraction of sp³-hybridized carbons (Fsp3) is 0.750. The van der Waals surface area contributed by atoms with Crippen molar-refractivity contribution in [3.8, 4) is 0 Å². The molecule has 2 unspecified atom stereocenters. The Balaban J connectivity index is 1.35. The van der Waals surface area contributed by atoms with Crippen molar-refractivity contribution >= 4 is 11.8 Å². The first-order chi connectivity index (χ1) is 12.5. The lowest BCUT2D eigenvalue weighted by Crippen LogP contribution is -2.52. The third-order valence-corrected chi connectivity index (χ3v) is 6.62. The summed E-state index contributed by atoms with van der Waals surface area (Å²) in [4.78, 5) is 29.5. The SMILES string of the molecule is CN(C(=O)C1CCc2ccnn2C1)C1CCCN(C(=O)CC2(C)CC2)C1. The highest BCUT2D eigenvalue weighted by molar-refractivity contribution is 5.80. The summed E-state index contributed by atoms with van der Waals surface area (Å²) in [7, 11) is 1.92.